The largest absolute Gasteiger partial charge is 0.394 e. The lowest BCUT2D eigenvalue weighted by Gasteiger charge is -2.29. The Hall–Kier alpha value is -0.360. The summed E-state index contributed by atoms with van der Waals surface area (Å²) in [5, 5.41) is 35.6. The highest BCUT2D eigenvalue weighted by Gasteiger charge is 2.43. The molecule has 0 aromatic rings. The molecule has 1 rings (SSSR count). The minimum Gasteiger partial charge on any atom is -0.394 e. The van der Waals surface area contributed by atoms with Gasteiger partial charge in [-0.2, -0.15) is 0 Å². The van der Waals surface area contributed by atoms with E-state index in [1.54, 1.807) is 0 Å². The predicted molar refractivity (Wildman–Crippen MR) is 78.1 cm³/mol. The van der Waals surface area contributed by atoms with Gasteiger partial charge in [0.2, 0.25) is 0 Å². The molecule has 1 saturated heterocycles. The molecule has 0 aromatic heterocycles. The zero-order valence-electron chi connectivity index (χ0n) is 13.2. The van der Waals surface area contributed by atoms with E-state index in [0.717, 1.165) is 0 Å². The zero-order valence-corrected chi connectivity index (χ0v) is 13.2. The van der Waals surface area contributed by atoms with Crippen LogP contribution in [0.5, 0.6) is 0 Å². The summed E-state index contributed by atoms with van der Waals surface area (Å²) >= 11 is 0. The minimum atomic E-state index is -0.514. The SMILES string of the molecule is OCCOCC(OCCO)C1OCC(OCCO)C1OCCO. The smallest absolute Gasteiger partial charge is 0.115 e. The molecule has 0 aromatic carbocycles. The van der Waals surface area contributed by atoms with Crippen LogP contribution in [-0.2, 0) is 23.7 Å². The Morgan fingerprint density at radius 1 is 0.870 bits per heavy atom. The maximum atomic E-state index is 8.97. The summed E-state index contributed by atoms with van der Waals surface area (Å²) < 4.78 is 27.7. The van der Waals surface area contributed by atoms with Gasteiger partial charge in [0, 0.05) is 0 Å². The molecule has 0 saturated carbocycles. The minimum absolute atomic E-state index is 0.106. The van der Waals surface area contributed by atoms with Gasteiger partial charge in [-0.25, -0.2) is 0 Å². The molecular formula is C14H28O9. The maximum absolute atomic E-state index is 8.97. The average molecular weight is 340 g/mol. The van der Waals surface area contributed by atoms with E-state index >= 15 is 0 Å². The third-order valence-corrected chi connectivity index (χ3v) is 3.28. The van der Waals surface area contributed by atoms with E-state index in [0.29, 0.717) is 0 Å². The molecule has 1 fully saturated rings. The van der Waals surface area contributed by atoms with Gasteiger partial charge in [-0.1, -0.05) is 0 Å². The van der Waals surface area contributed by atoms with Crippen molar-refractivity contribution in [2.45, 2.75) is 24.4 Å². The number of hydrogen-bond acceptors (Lipinski definition) is 9. The Balaban J connectivity index is 2.66. The monoisotopic (exact) mass is 340 g/mol. The van der Waals surface area contributed by atoms with Crippen molar-refractivity contribution < 1.29 is 44.1 Å². The van der Waals surface area contributed by atoms with Crippen molar-refractivity contribution in [3.8, 4) is 0 Å². The first-order chi connectivity index (χ1) is 11.3. The van der Waals surface area contributed by atoms with E-state index < -0.39 is 24.4 Å². The summed E-state index contributed by atoms with van der Waals surface area (Å²) in [6.45, 7) is 0.478. The van der Waals surface area contributed by atoms with Gasteiger partial charge in [0.1, 0.15) is 24.4 Å². The lowest BCUT2D eigenvalue weighted by atomic mass is 10.1. The number of ether oxygens (including phenoxy) is 5. The first-order valence-electron chi connectivity index (χ1n) is 7.76. The number of rotatable bonds is 14. The van der Waals surface area contributed by atoms with E-state index in [1.165, 1.54) is 0 Å². The second-order valence-corrected chi connectivity index (χ2v) is 4.92. The van der Waals surface area contributed by atoms with Crippen molar-refractivity contribution in [2.75, 3.05) is 66.1 Å². The molecule has 0 amide bonds. The Morgan fingerprint density at radius 3 is 2.17 bits per heavy atom. The average Bonchev–Trinajstić information content (AvgIpc) is 2.96. The quantitative estimate of drug-likeness (QED) is 0.254. The predicted octanol–water partition coefficient (Wildman–Crippen LogP) is -2.47. The third-order valence-electron chi connectivity index (χ3n) is 3.28. The van der Waals surface area contributed by atoms with Crippen LogP contribution in [0.15, 0.2) is 0 Å². The highest BCUT2D eigenvalue weighted by molar-refractivity contribution is 4.91. The molecule has 1 aliphatic rings. The summed E-state index contributed by atoms with van der Waals surface area (Å²) in [6, 6.07) is 0. The van der Waals surface area contributed by atoms with Crippen LogP contribution in [0, 0.1) is 0 Å². The second-order valence-electron chi connectivity index (χ2n) is 4.92. The summed E-state index contributed by atoms with van der Waals surface area (Å²) in [5.41, 5.74) is 0. The van der Waals surface area contributed by atoms with Crippen LogP contribution in [0.2, 0.25) is 0 Å². The van der Waals surface area contributed by atoms with Gasteiger partial charge in [-0.15, -0.1) is 0 Å². The van der Waals surface area contributed by atoms with Crippen molar-refractivity contribution >= 4 is 0 Å². The zero-order chi connectivity index (χ0) is 16.9. The molecule has 4 atom stereocenters. The van der Waals surface area contributed by atoms with Crippen molar-refractivity contribution in [1.29, 1.82) is 0 Å². The summed E-state index contributed by atoms with van der Waals surface area (Å²) in [6.07, 6.45) is -1.90. The summed E-state index contributed by atoms with van der Waals surface area (Å²) in [7, 11) is 0. The molecule has 9 nitrogen and oxygen atoms in total. The fourth-order valence-electron chi connectivity index (χ4n) is 2.37. The molecule has 0 radical (unpaired) electrons. The normalized spacial score (nSPS) is 25.8. The van der Waals surface area contributed by atoms with E-state index in [1.807, 2.05) is 0 Å². The Kier molecular flexibility index (Phi) is 11.7. The summed E-state index contributed by atoms with van der Waals surface area (Å²) in [5.74, 6) is 0. The van der Waals surface area contributed by atoms with Crippen LogP contribution in [0.1, 0.15) is 0 Å². The number of aliphatic hydroxyl groups is 4. The molecule has 4 unspecified atom stereocenters. The van der Waals surface area contributed by atoms with E-state index in [4.69, 9.17) is 44.1 Å². The van der Waals surface area contributed by atoms with Crippen LogP contribution in [0.3, 0.4) is 0 Å². The van der Waals surface area contributed by atoms with Crippen molar-refractivity contribution in [1.82, 2.24) is 0 Å². The topological polar surface area (TPSA) is 127 Å². The van der Waals surface area contributed by atoms with Gasteiger partial charge >= 0.3 is 0 Å². The van der Waals surface area contributed by atoms with Crippen molar-refractivity contribution in [3.63, 3.8) is 0 Å². The fraction of sp³-hybridized carbons (Fsp3) is 1.00. The molecule has 1 aliphatic heterocycles. The molecule has 0 spiro atoms. The lowest BCUT2D eigenvalue weighted by Crippen LogP contribution is -2.45. The van der Waals surface area contributed by atoms with E-state index in [2.05, 4.69) is 0 Å². The van der Waals surface area contributed by atoms with Gasteiger partial charge in [-0.3, -0.25) is 0 Å². The van der Waals surface area contributed by atoms with Gasteiger partial charge < -0.3 is 44.1 Å². The fourth-order valence-corrected chi connectivity index (χ4v) is 2.37. The van der Waals surface area contributed by atoms with Gasteiger partial charge in [0.25, 0.3) is 0 Å². The highest BCUT2D eigenvalue weighted by Crippen LogP contribution is 2.25. The molecule has 0 bridgehead atoms. The first-order valence-corrected chi connectivity index (χ1v) is 7.76. The highest BCUT2D eigenvalue weighted by atomic mass is 16.6. The van der Waals surface area contributed by atoms with Crippen LogP contribution in [0.4, 0.5) is 0 Å². The van der Waals surface area contributed by atoms with Crippen LogP contribution in [0.25, 0.3) is 0 Å². The molecular weight excluding hydrogens is 312 g/mol. The second kappa shape index (κ2) is 13.0. The standard InChI is InChI=1S/C14H28O9/c15-1-5-19-9-11(20-6-2-16)14-13(22-8-4-18)12(10-23-14)21-7-3-17/h11-18H,1-10H2. The van der Waals surface area contributed by atoms with Gasteiger partial charge in [0.15, 0.2) is 0 Å². The molecule has 23 heavy (non-hydrogen) atoms. The first kappa shape index (κ1) is 20.7. The van der Waals surface area contributed by atoms with Crippen molar-refractivity contribution in [3.05, 3.63) is 0 Å². The van der Waals surface area contributed by atoms with Gasteiger partial charge in [0.05, 0.1) is 66.1 Å². The van der Waals surface area contributed by atoms with Crippen LogP contribution >= 0.6 is 0 Å². The van der Waals surface area contributed by atoms with E-state index in [-0.39, 0.29) is 66.1 Å². The third kappa shape index (κ3) is 7.38. The van der Waals surface area contributed by atoms with Crippen molar-refractivity contribution in [2.24, 2.45) is 0 Å². The van der Waals surface area contributed by atoms with Crippen LogP contribution in [-0.4, -0.2) is 111 Å². The molecule has 138 valence electrons. The molecule has 0 aliphatic carbocycles. The van der Waals surface area contributed by atoms with E-state index in [9.17, 15) is 0 Å². The van der Waals surface area contributed by atoms with Gasteiger partial charge in [-0.05, 0) is 0 Å². The lowest BCUT2D eigenvalue weighted by molar-refractivity contribution is -0.135. The summed E-state index contributed by atoms with van der Waals surface area (Å²) in [4.78, 5) is 0. The molecule has 9 heteroatoms. The number of hydrogen-bond donors (Lipinski definition) is 4. The Bertz CT molecular complexity index is 279. The Labute approximate surface area is 135 Å². The molecule has 1 heterocycles. The van der Waals surface area contributed by atoms with Crippen LogP contribution < -0.4 is 0 Å². The Morgan fingerprint density at radius 2 is 1.52 bits per heavy atom. The maximum Gasteiger partial charge on any atom is 0.115 e. The number of aliphatic hydroxyl groups excluding tert-OH is 4. The molecule has 4 N–H and O–H groups in total.